The van der Waals surface area contributed by atoms with Gasteiger partial charge in [0.15, 0.2) is 5.65 Å². The van der Waals surface area contributed by atoms with Crippen LogP contribution in [-0.2, 0) is 10.0 Å². The molecule has 0 saturated heterocycles. The number of hydrogen-bond acceptors (Lipinski definition) is 6. The fraction of sp³-hybridized carbons (Fsp3) is 0.267. The van der Waals surface area contributed by atoms with Gasteiger partial charge in [0.1, 0.15) is 4.90 Å². The largest absolute Gasteiger partial charge is 0.366 e. The Labute approximate surface area is 140 Å². The van der Waals surface area contributed by atoms with E-state index in [9.17, 15) is 8.42 Å². The predicted molar refractivity (Wildman–Crippen MR) is 90.7 cm³/mol. The second kappa shape index (κ2) is 6.17. The van der Waals surface area contributed by atoms with E-state index in [4.69, 9.17) is 5.73 Å². The molecule has 2 N–H and O–H groups in total. The van der Waals surface area contributed by atoms with Gasteiger partial charge in [0.05, 0.1) is 0 Å². The number of anilines is 1. The summed E-state index contributed by atoms with van der Waals surface area (Å²) in [4.78, 5) is 8.32. The summed E-state index contributed by atoms with van der Waals surface area (Å²) < 4.78 is 28.2. The molecule has 0 aliphatic heterocycles. The topological polar surface area (TPSA) is 106 Å². The van der Waals surface area contributed by atoms with E-state index in [1.165, 1.54) is 10.5 Å². The average molecular weight is 346 g/mol. The normalized spacial score (nSPS) is 12.1. The minimum atomic E-state index is -3.55. The van der Waals surface area contributed by atoms with Gasteiger partial charge < -0.3 is 5.73 Å². The van der Waals surface area contributed by atoms with E-state index in [0.29, 0.717) is 24.3 Å². The third-order valence-corrected chi connectivity index (χ3v) is 5.75. The first-order valence-corrected chi connectivity index (χ1v) is 8.97. The number of hydrogen-bond donors (Lipinski definition) is 1. The van der Waals surface area contributed by atoms with Crippen molar-refractivity contribution >= 4 is 21.6 Å². The van der Waals surface area contributed by atoms with E-state index < -0.39 is 10.0 Å². The first-order chi connectivity index (χ1) is 11.5. The van der Waals surface area contributed by atoms with Crippen LogP contribution >= 0.6 is 0 Å². The molecule has 126 valence electrons. The van der Waals surface area contributed by atoms with Crippen LogP contribution in [-0.4, -0.2) is 45.4 Å². The maximum atomic E-state index is 12.6. The molecule has 0 aliphatic rings. The van der Waals surface area contributed by atoms with Gasteiger partial charge in [-0.2, -0.15) is 9.29 Å². The van der Waals surface area contributed by atoms with Gasteiger partial charge in [0.25, 0.3) is 0 Å². The highest BCUT2D eigenvalue weighted by Gasteiger charge is 2.22. The van der Waals surface area contributed by atoms with Crippen molar-refractivity contribution < 1.29 is 8.42 Å². The minimum Gasteiger partial charge on any atom is -0.366 e. The Hall–Kier alpha value is -2.52. The lowest BCUT2D eigenvalue weighted by molar-refractivity contribution is 0.445. The molecule has 0 aliphatic carbocycles. The van der Waals surface area contributed by atoms with Crippen LogP contribution in [0.5, 0.6) is 0 Å². The summed E-state index contributed by atoms with van der Waals surface area (Å²) >= 11 is 0. The summed E-state index contributed by atoms with van der Waals surface area (Å²) in [5.74, 6) is 0.183. The van der Waals surface area contributed by atoms with Crippen LogP contribution in [0.25, 0.3) is 16.8 Å². The van der Waals surface area contributed by atoms with Crippen LogP contribution in [0.15, 0.2) is 41.7 Å². The van der Waals surface area contributed by atoms with Gasteiger partial charge in [-0.25, -0.2) is 12.9 Å². The molecular weight excluding hydrogens is 328 g/mol. The van der Waals surface area contributed by atoms with E-state index in [-0.39, 0.29) is 10.8 Å². The molecule has 0 aromatic carbocycles. The summed E-state index contributed by atoms with van der Waals surface area (Å²) in [6.45, 7) is 4.43. The Kier molecular flexibility index (Phi) is 4.20. The smallest absolute Gasteiger partial charge is 0.244 e. The summed E-state index contributed by atoms with van der Waals surface area (Å²) in [5, 5.41) is 4.06. The van der Waals surface area contributed by atoms with Gasteiger partial charge in [0, 0.05) is 42.8 Å². The first kappa shape index (κ1) is 16.3. The van der Waals surface area contributed by atoms with E-state index in [0.717, 1.165) is 5.56 Å². The summed E-state index contributed by atoms with van der Waals surface area (Å²) in [7, 11) is -3.55. The number of rotatable bonds is 5. The molecule has 0 spiro atoms. The van der Waals surface area contributed by atoms with Gasteiger partial charge in [-0.05, 0) is 18.2 Å². The third-order valence-electron chi connectivity index (χ3n) is 3.74. The zero-order valence-electron chi connectivity index (χ0n) is 13.4. The molecule has 3 heterocycles. The van der Waals surface area contributed by atoms with Gasteiger partial charge in [-0.3, -0.25) is 4.98 Å². The van der Waals surface area contributed by atoms with Crippen LogP contribution in [0, 0.1) is 0 Å². The van der Waals surface area contributed by atoms with Gasteiger partial charge >= 0.3 is 0 Å². The fourth-order valence-electron chi connectivity index (χ4n) is 2.50. The molecular formula is C15H18N6O2S. The van der Waals surface area contributed by atoms with Crippen LogP contribution in [0.1, 0.15) is 13.8 Å². The number of sulfonamides is 1. The molecule has 24 heavy (non-hydrogen) atoms. The second-order valence-electron chi connectivity index (χ2n) is 5.19. The molecule has 0 fully saturated rings. The summed E-state index contributed by atoms with van der Waals surface area (Å²) in [6, 6.07) is 5.21. The number of pyridine rings is 2. The number of aromatic nitrogens is 4. The van der Waals surface area contributed by atoms with Crippen molar-refractivity contribution in [3.05, 3.63) is 36.8 Å². The maximum Gasteiger partial charge on any atom is 0.244 e. The van der Waals surface area contributed by atoms with Crippen LogP contribution in [0.4, 0.5) is 5.95 Å². The second-order valence-corrected chi connectivity index (χ2v) is 7.13. The molecule has 3 aromatic heterocycles. The first-order valence-electron chi connectivity index (χ1n) is 7.53. The monoisotopic (exact) mass is 346 g/mol. The third kappa shape index (κ3) is 2.83. The molecule has 0 amide bonds. The molecule has 3 rings (SSSR count). The van der Waals surface area contributed by atoms with Crippen molar-refractivity contribution in [1.82, 2.24) is 23.9 Å². The number of nitrogen functional groups attached to an aromatic ring is 1. The minimum absolute atomic E-state index is 0.168. The predicted octanol–water partition coefficient (Wildman–Crippen LogP) is 1.40. The number of nitrogens with two attached hydrogens (primary N) is 1. The Morgan fingerprint density at radius 1 is 1.17 bits per heavy atom. The molecule has 0 saturated carbocycles. The zero-order chi connectivity index (χ0) is 17.3. The molecule has 0 bridgehead atoms. The SMILES string of the molecule is CCN(CC)S(=O)(=O)c1cncc(-c2ccc3nc(N)nn3c2)c1. The highest BCUT2D eigenvalue weighted by molar-refractivity contribution is 7.89. The Morgan fingerprint density at radius 3 is 2.62 bits per heavy atom. The summed E-state index contributed by atoms with van der Waals surface area (Å²) in [5.41, 5.74) is 7.66. The van der Waals surface area contributed by atoms with Crippen molar-refractivity contribution in [1.29, 1.82) is 0 Å². The van der Waals surface area contributed by atoms with Crippen molar-refractivity contribution in [3.63, 3.8) is 0 Å². The highest BCUT2D eigenvalue weighted by Crippen LogP contribution is 2.23. The van der Waals surface area contributed by atoms with Crippen molar-refractivity contribution in [3.8, 4) is 11.1 Å². The lowest BCUT2D eigenvalue weighted by Gasteiger charge is -2.18. The van der Waals surface area contributed by atoms with Gasteiger partial charge in [-0.1, -0.05) is 13.8 Å². The van der Waals surface area contributed by atoms with Crippen LogP contribution in [0.2, 0.25) is 0 Å². The zero-order valence-corrected chi connectivity index (χ0v) is 14.2. The van der Waals surface area contributed by atoms with Crippen LogP contribution in [0.3, 0.4) is 0 Å². The maximum absolute atomic E-state index is 12.6. The molecule has 0 unspecified atom stereocenters. The van der Waals surface area contributed by atoms with Crippen molar-refractivity contribution in [2.45, 2.75) is 18.7 Å². The quantitative estimate of drug-likeness (QED) is 0.748. The average Bonchev–Trinajstić information content (AvgIpc) is 2.95. The van der Waals surface area contributed by atoms with Crippen molar-refractivity contribution in [2.24, 2.45) is 0 Å². The molecule has 0 radical (unpaired) electrons. The standard InChI is InChI=1S/C15H18N6O2S/c1-3-20(4-2)24(22,23)13-7-12(8-17-9-13)11-5-6-14-18-15(16)19-21(14)10-11/h5-10H,3-4H2,1-2H3,(H2,16,19). The lowest BCUT2D eigenvalue weighted by atomic mass is 10.1. The Morgan fingerprint density at radius 2 is 1.92 bits per heavy atom. The Bertz CT molecular complexity index is 979. The van der Waals surface area contributed by atoms with E-state index in [1.54, 1.807) is 42.9 Å². The molecule has 9 heteroatoms. The highest BCUT2D eigenvalue weighted by atomic mass is 32.2. The lowest BCUT2D eigenvalue weighted by Crippen LogP contribution is -2.30. The Balaban J connectivity index is 2.06. The fourth-order valence-corrected chi connectivity index (χ4v) is 3.95. The molecule has 8 nitrogen and oxygen atoms in total. The molecule has 0 atom stereocenters. The molecule has 3 aromatic rings. The number of fused-ring (bicyclic) bond motifs is 1. The van der Waals surface area contributed by atoms with Gasteiger partial charge in [-0.15, -0.1) is 5.10 Å². The number of nitrogens with zero attached hydrogens (tertiary/aromatic N) is 5. The van der Waals surface area contributed by atoms with E-state index in [2.05, 4.69) is 15.1 Å². The summed E-state index contributed by atoms with van der Waals surface area (Å²) in [6.07, 6.45) is 4.72. The van der Waals surface area contributed by atoms with Gasteiger partial charge in [0.2, 0.25) is 16.0 Å². The van der Waals surface area contributed by atoms with Crippen LogP contribution < -0.4 is 5.73 Å². The van der Waals surface area contributed by atoms with E-state index in [1.807, 2.05) is 6.07 Å². The van der Waals surface area contributed by atoms with E-state index >= 15 is 0 Å². The van der Waals surface area contributed by atoms with Crippen molar-refractivity contribution in [2.75, 3.05) is 18.8 Å².